The molecule has 21 heavy (non-hydrogen) atoms. The van der Waals surface area contributed by atoms with Gasteiger partial charge in [0.1, 0.15) is 5.75 Å². The highest BCUT2D eigenvalue weighted by molar-refractivity contribution is 5.28. The van der Waals surface area contributed by atoms with E-state index in [0.29, 0.717) is 12.1 Å². The van der Waals surface area contributed by atoms with Crippen molar-refractivity contribution >= 4 is 0 Å². The SMILES string of the molecule is COc1cccc(CCNC(C)CC2CCCCCN2)c1. The monoisotopic (exact) mass is 290 g/mol. The van der Waals surface area contributed by atoms with Crippen LogP contribution < -0.4 is 15.4 Å². The fraction of sp³-hybridized carbons (Fsp3) is 0.667. The third-order valence-corrected chi connectivity index (χ3v) is 4.34. The van der Waals surface area contributed by atoms with Crippen molar-refractivity contribution in [2.75, 3.05) is 20.2 Å². The molecule has 1 saturated heterocycles. The van der Waals surface area contributed by atoms with E-state index < -0.39 is 0 Å². The maximum atomic E-state index is 5.27. The first-order chi connectivity index (χ1) is 10.3. The summed E-state index contributed by atoms with van der Waals surface area (Å²) >= 11 is 0. The zero-order chi connectivity index (χ0) is 14.9. The second-order valence-corrected chi connectivity index (χ2v) is 6.19. The van der Waals surface area contributed by atoms with E-state index in [1.807, 2.05) is 6.07 Å². The van der Waals surface area contributed by atoms with Gasteiger partial charge in [-0.2, -0.15) is 0 Å². The van der Waals surface area contributed by atoms with Gasteiger partial charge in [-0.25, -0.2) is 0 Å². The molecule has 2 rings (SSSR count). The first-order valence-electron chi connectivity index (χ1n) is 8.37. The molecule has 0 aromatic heterocycles. The highest BCUT2D eigenvalue weighted by Crippen LogP contribution is 2.14. The first-order valence-corrected chi connectivity index (χ1v) is 8.37. The van der Waals surface area contributed by atoms with E-state index >= 15 is 0 Å². The molecule has 0 spiro atoms. The molecule has 1 heterocycles. The van der Waals surface area contributed by atoms with Crippen LogP contribution >= 0.6 is 0 Å². The summed E-state index contributed by atoms with van der Waals surface area (Å²) in [6.07, 6.45) is 7.74. The molecule has 0 amide bonds. The van der Waals surface area contributed by atoms with Gasteiger partial charge < -0.3 is 15.4 Å². The Morgan fingerprint density at radius 1 is 1.33 bits per heavy atom. The van der Waals surface area contributed by atoms with Gasteiger partial charge in [-0.1, -0.05) is 25.0 Å². The van der Waals surface area contributed by atoms with Gasteiger partial charge >= 0.3 is 0 Å². The molecule has 0 radical (unpaired) electrons. The van der Waals surface area contributed by atoms with E-state index in [1.165, 1.54) is 44.2 Å². The lowest BCUT2D eigenvalue weighted by atomic mass is 10.0. The van der Waals surface area contributed by atoms with E-state index in [1.54, 1.807) is 7.11 Å². The first kappa shape index (κ1) is 16.3. The Morgan fingerprint density at radius 3 is 3.10 bits per heavy atom. The lowest BCUT2D eigenvalue weighted by Crippen LogP contribution is -2.37. The Balaban J connectivity index is 1.67. The van der Waals surface area contributed by atoms with Crippen LogP contribution in [0.4, 0.5) is 0 Å². The predicted octanol–water partition coefficient (Wildman–Crippen LogP) is 3.14. The number of rotatable bonds is 7. The Morgan fingerprint density at radius 2 is 2.24 bits per heavy atom. The van der Waals surface area contributed by atoms with Crippen molar-refractivity contribution in [3.8, 4) is 5.75 Å². The second-order valence-electron chi connectivity index (χ2n) is 6.19. The molecule has 118 valence electrons. The fourth-order valence-corrected chi connectivity index (χ4v) is 3.10. The molecule has 1 aliphatic rings. The normalized spacial score (nSPS) is 20.8. The number of methoxy groups -OCH3 is 1. The highest BCUT2D eigenvalue weighted by atomic mass is 16.5. The van der Waals surface area contributed by atoms with E-state index in [2.05, 4.69) is 35.8 Å². The maximum absolute atomic E-state index is 5.27. The largest absolute Gasteiger partial charge is 0.497 e. The van der Waals surface area contributed by atoms with Crippen LogP contribution in [0.25, 0.3) is 0 Å². The summed E-state index contributed by atoms with van der Waals surface area (Å²) in [4.78, 5) is 0. The summed E-state index contributed by atoms with van der Waals surface area (Å²) < 4.78 is 5.27. The molecule has 0 aliphatic carbocycles. The van der Waals surface area contributed by atoms with Crippen molar-refractivity contribution in [3.05, 3.63) is 29.8 Å². The lowest BCUT2D eigenvalue weighted by Gasteiger charge is -2.21. The third-order valence-electron chi connectivity index (χ3n) is 4.34. The van der Waals surface area contributed by atoms with Crippen molar-refractivity contribution in [1.82, 2.24) is 10.6 Å². The van der Waals surface area contributed by atoms with Crippen LogP contribution in [0, 0.1) is 0 Å². The van der Waals surface area contributed by atoms with Crippen LogP contribution in [0.2, 0.25) is 0 Å². The molecule has 3 heteroatoms. The van der Waals surface area contributed by atoms with Gasteiger partial charge in [-0.15, -0.1) is 0 Å². The minimum atomic E-state index is 0.575. The highest BCUT2D eigenvalue weighted by Gasteiger charge is 2.14. The van der Waals surface area contributed by atoms with Gasteiger partial charge in [0.2, 0.25) is 0 Å². The van der Waals surface area contributed by atoms with Crippen LogP contribution in [-0.4, -0.2) is 32.3 Å². The van der Waals surface area contributed by atoms with Crippen LogP contribution in [0.5, 0.6) is 5.75 Å². The summed E-state index contributed by atoms with van der Waals surface area (Å²) in [7, 11) is 1.72. The summed E-state index contributed by atoms with van der Waals surface area (Å²) in [5, 5.41) is 7.33. The van der Waals surface area contributed by atoms with E-state index in [4.69, 9.17) is 4.74 Å². The lowest BCUT2D eigenvalue weighted by molar-refractivity contribution is 0.404. The number of benzene rings is 1. The molecule has 0 saturated carbocycles. The van der Waals surface area contributed by atoms with Gasteiger partial charge in [0.15, 0.2) is 0 Å². The van der Waals surface area contributed by atoms with E-state index in [9.17, 15) is 0 Å². The summed E-state index contributed by atoms with van der Waals surface area (Å²) in [5.74, 6) is 0.947. The van der Waals surface area contributed by atoms with Crippen molar-refractivity contribution < 1.29 is 4.74 Å². The molecule has 2 unspecified atom stereocenters. The molecule has 3 nitrogen and oxygen atoms in total. The molecule has 0 bridgehead atoms. The standard InChI is InChI=1S/C18H30N2O/c1-15(13-17-8-4-3-5-11-20-17)19-12-10-16-7-6-9-18(14-16)21-2/h6-7,9,14-15,17,19-20H,3-5,8,10-13H2,1-2H3. The summed E-state index contributed by atoms with van der Waals surface area (Å²) in [6.45, 7) is 4.53. The Kier molecular flexibility index (Phi) is 7.04. The average Bonchev–Trinajstić information content (AvgIpc) is 2.76. The topological polar surface area (TPSA) is 33.3 Å². The molecule has 1 aliphatic heterocycles. The predicted molar refractivity (Wildman–Crippen MR) is 89.0 cm³/mol. The molecule has 2 N–H and O–H groups in total. The zero-order valence-corrected chi connectivity index (χ0v) is 13.5. The van der Waals surface area contributed by atoms with Crippen LogP contribution in [0.1, 0.15) is 44.6 Å². The summed E-state index contributed by atoms with van der Waals surface area (Å²) in [6, 6.07) is 9.63. The number of ether oxygens (including phenoxy) is 1. The Bertz CT molecular complexity index is 400. The average molecular weight is 290 g/mol. The number of nitrogens with one attached hydrogen (secondary N) is 2. The molecule has 1 aromatic carbocycles. The quantitative estimate of drug-likeness (QED) is 0.809. The number of hydrogen-bond donors (Lipinski definition) is 2. The van der Waals surface area contributed by atoms with Crippen molar-refractivity contribution in [3.63, 3.8) is 0 Å². The summed E-state index contributed by atoms with van der Waals surface area (Å²) in [5.41, 5.74) is 1.33. The van der Waals surface area contributed by atoms with Gasteiger partial charge in [0.05, 0.1) is 7.11 Å². The van der Waals surface area contributed by atoms with Crippen LogP contribution in [0.3, 0.4) is 0 Å². The van der Waals surface area contributed by atoms with E-state index in [0.717, 1.165) is 18.7 Å². The van der Waals surface area contributed by atoms with Gasteiger partial charge in [0.25, 0.3) is 0 Å². The number of hydrogen-bond acceptors (Lipinski definition) is 3. The van der Waals surface area contributed by atoms with Crippen LogP contribution in [-0.2, 0) is 6.42 Å². The minimum Gasteiger partial charge on any atom is -0.497 e. The molecular weight excluding hydrogens is 260 g/mol. The second kappa shape index (κ2) is 9.06. The van der Waals surface area contributed by atoms with Gasteiger partial charge in [0, 0.05) is 12.1 Å². The fourth-order valence-electron chi connectivity index (χ4n) is 3.10. The Hall–Kier alpha value is -1.06. The molecular formula is C18H30N2O. The minimum absolute atomic E-state index is 0.575. The van der Waals surface area contributed by atoms with Crippen molar-refractivity contribution in [2.45, 2.75) is 57.5 Å². The maximum Gasteiger partial charge on any atom is 0.119 e. The van der Waals surface area contributed by atoms with Crippen LogP contribution in [0.15, 0.2) is 24.3 Å². The van der Waals surface area contributed by atoms with Crippen molar-refractivity contribution in [2.24, 2.45) is 0 Å². The molecule has 2 atom stereocenters. The third kappa shape index (κ3) is 6.06. The zero-order valence-electron chi connectivity index (χ0n) is 13.5. The molecule has 1 aromatic rings. The smallest absolute Gasteiger partial charge is 0.119 e. The molecule has 1 fully saturated rings. The van der Waals surface area contributed by atoms with Gasteiger partial charge in [-0.05, 0) is 63.4 Å². The van der Waals surface area contributed by atoms with Crippen molar-refractivity contribution in [1.29, 1.82) is 0 Å². The van der Waals surface area contributed by atoms with E-state index in [-0.39, 0.29) is 0 Å². The Labute approximate surface area is 129 Å². The van der Waals surface area contributed by atoms with Gasteiger partial charge in [-0.3, -0.25) is 0 Å².